The van der Waals surface area contributed by atoms with Crippen LogP contribution in [-0.2, 0) is 15.6 Å². The number of hydrogen-bond acceptors (Lipinski definition) is 3. The maximum atomic E-state index is 14.0. The van der Waals surface area contributed by atoms with Crippen molar-refractivity contribution in [3.63, 3.8) is 0 Å². The first kappa shape index (κ1) is 23.4. The Morgan fingerprint density at radius 2 is 1.24 bits per heavy atom. The smallest absolute Gasteiger partial charge is 0.243 e. The van der Waals surface area contributed by atoms with E-state index in [0.717, 1.165) is 24.3 Å². The SMILES string of the molecule is O=S(=O)(c1ccccc1)N1CCC(C(O)(c2ccc(F)c(F)c2)c2ccc(F)c(F)c2)CC1. The van der Waals surface area contributed by atoms with Crippen LogP contribution in [0.2, 0.25) is 0 Å². The van der Waals surface area contributed by atoms with Gasteiger partial charge in [0.2, 0.25) is 10.0 Å². The molecule has 33 heavy (non-hydrogen) atoms. The van der Waals surface area contributed by atoms with E-state index in [-0.39, 0.29) is 42.0 Å². The van der Waals surface area contributed by atoms with Gasteiger partial charge in [0.05, 0.1) is 4.90 Å². The molecule has 4 nitrogen and oxygen atoms in total. The van der Waals surface area contributed by atoms with E-state index in [1.807, 2.05) is 0 Å². The molecule has 174 valence electrons. The van der Waals surface area contributed by atoms with Gasteiger partial charge in [0.15, 0.2) is 23.3 Å². The van der Waals surface area contributed by atoms with E-state index < -0.39 is 44.8 Å². The topological polar surface area (TPSA) is 57.6 Å². The summed E-state index contributed by atoms with van der Waals surface area (Å²) in [7, 11) is -3.75. The highest BCUT2D eigenvalue weighted by Gasteiger charge is 2.44. The largest absolute Gasteiger partial charge is 0.380 e. The zero-order chi connectivity index (χ0) is 23.8. The summed E-state index contributed by atoms with van der Waals surface area (Å²) in [6.07, 6.45) is 0.307. The molecule has 0 amide bonds. The van der Waals surface area contributed by atoms with Gasteiger partial charge in [-0.3, -0.25) is 0 Å². The molecular formula is C24H21F4NO3S. The fraction of sp³-hybridized carbons (Fsp3) is 0.250. The molecule has 1 fully saturated rings. The third-order valence-electron chi connectivity index (χ3n) is 6.15. The molecule has 0 aliphatic carbocycles. The van der Waals surface area contributed by atoms with Crippen molar-refractivity contribution >= 4 is 10.0 Å². The van der Waals surface area contributed by atoms with Gasteiger partial charge in [-0.15, -0.1) is 0 Å². The van der Waals surface area contributed by atoms with Gasteiger partial charge >= 0.3 is 0 Å². The Hall–Kier alpha value is -2.75. The summed E-state index contributed by atoms with van der Waals surface area (Å²) in [5, 5.41) is 11.8. The Labute approximate surface area is 189 Å². The molecule has 1 saturated heterocycles. The van der Waals surface area contributed by atoms with Crippen molar-refractivity contribution in [3.8, 4) is 0 Å². The summed E-state index contributed by atoms with van der Waals surface area (Å²) in [6.45, 7) is 0.106. The van der Waals surface area contributed by atoms with Crippen LogP contribution in [0.5, 0.6) is 0 Å². The fourth-order valence-electron chi connectivity index (χ4n) is 4.36. The molecule has 3 aromatic rings. The van der Waals surface area contributed by atoms with Gasteiger partial charge in [0, 0.05) is 13.1 Å². The highest BCUT2D eigenvalue weighted by molar-refractivity contribution is 7.89. The van der Waals surface area contributed by atoms with E-state index >= 15 is 0 Å². The molecule has 0 atom stereocenters. The minimum absolute atomic E-state index is 0.0308. The Morgan fingerprint density at radius 1 is 0.758 bits per heavy atom. The standard InChI is InChI=1S/C24H21F4NO3S/c25-20-8-6-17(14-22(20)27)24(30,18-7-9-21(26)23(28)15-18)16-10-12-29(13-11-16)33(31,32)19-4-2-1-3-5-19/h1-9,14-16,30H,10-13H2. The molecule has 1 N–H and O–H groups in total. The summed E-state index contributed by atoms with van der Waals surface area (Å²) in [6, 6.07) is 13.6. The van der Waals surface area contributed by atoms with Crippen molar-refractivity contribution in [2.24, 2.45) is 5.92 Å². The number of rotatable bonds is 5. The number of piperidine rings is 1. The zero-order valence-corrected chi connectivity index (χ0v) is 18.2. The maximum absolute atomic E-state index is 14.0. The van der Waals surface area contributed by atoms with Gasteiger partial charge in [-0.05, 0) is 66.3 Å². The van der Waals surface area contributed by atoms with Crippen molar-refractivity contribution in [3.05, 3.63) is 101 Å². The van der Waals surface area contributed by atoms with Crippen LogP contribution in [-0.4, -0.2) is 30.9 Å². The second-order valence-corrected chi connectivity index (χ2v) is 9.95. The molecule has 0 aromatic heterocycles. The zero-order valence-electron chi connectivity index (χ0n) is 17.4. The second-order valence-electron chi connectivity index (χ2n) is 8.02. The summed E-state index contributed by atoms with van der Waals surface area (Å²) in [5.74, 6) is -5.30. The van der Waals surface area contributed by atoms with Crippen LogP contribution in [0, 0.1) is 29.2 Å². The first-order valence-electron chi connectivity index (χ1n) is 10.3. The summed E-state index contributed by atoms with van der Waals surface area (Å²) >= 11 is 0. The van der Waals surface area contributed by atoms with Crippen LogP contribution in [0.1, 0.15) is 24.0 Å². The van der Waals surface area contributed by atoms with Gasteiger partial charge in [-0.25, -0.2) is 26.0 Å². The van der Waals surface area contributed by atoms with E-state index in [1.165, 1.54) is 28.6 Å². The van der Waals surface area contributed by atoms with Crippen molar-refractivity contribution in [1.29, 1.82) is 0 Å². The molecule has 0 saturated carbocycles. The molecule has 1 aliphatic heterocycles. The van der Waals surface area contributed by atoms with Gasteiger partial charge in [0.25, 0.3) is 0 Å². The van der Waals surface area contributed by atoms with Crippen molar-refractivity contribution in [2.45, 2.75) is 23.3 Å². The van der Waals surface area contributed by atoms with E-state index in [1.54, 1.807) is 18.2 Å². The lowest BCUT2D eigenvalue weighted by Crippen LogP contribution is -2.46. The van der Waals surface area contributed by atoms with Gasteiger partial charge < -0.3 is 5.11 Å². The van der Waals surface area contributed by atoms with Crippen LogP contribution in [0.25, 0.3) is 0 Å². The maximum Gasteiger partial charge on any atom is 0.243 e. The number of aliphatic hydroxyl groups is 1. The lowest BCUT2D eigenvalue weighted by atomic mass is 9.72. The molecule has 0 spiro atoms. The predicted octanol–water partition coefficient (Wildman–Crippen LogP) is 4.58. The molecule has 1 heterocycles. The minimum atomic E-state index is -3.75. The number of hydrogen-bond donors (Lipinski definition) is 1. The molecule has 1 aliphatic rings. The molecule has 0 radical (unpaired) electrons. The van der Waals surface area contributed by atoms with Crippen LogP contribution >= 0.6 is 0 Å². The van der Waals surface area contributed by atoms with Crippen LogP contribution in [0.3, 0.4) is 0 Å². The third-order valence-corrected chi connectivity index (χ3v) is 8.06. The molecule has 3 aromatic carbocycles. The Bertz CT molecular complexity index is 1210. The number of sulfonamides is 1. The molecule has 0 bridgehead atoms. The van der Waals surface area contributed by atoms with Crippen LogP contribution < -0.4 is 0 Å². The third kappa shape index (κ3) is 4.28. The van der Waals surface area contributed by atoms with Crippen LogP contribution in [0.15, 0.2) is 71.6 Å². The van der Waals surface area contributed by atoms with Gasteiger partial charge in [-0.2, -0.15) is 4.31 Å². The van der Waals surface area contributed by atoms with Crippen molar-refractivity contribution in [2.75, 3.05) is 13.1 Å². The van der Waals surface area contributed by atoms with Gasteiger partial charge in [0.1, 0.15) is 5.60 Å². The highest BCUT2D eigenvalue weighted by Crippen LogP contribution is 2.43. The number of benzene rings is 3. The average Bonchev–Trinajstić information content (AvgIpc) is 2.82. The normalized spacial score (nSPS) is 16.2. The Balaban J connectivity index is 1.69. The number of nitrogens with zero attached hydrogens (tertiary/aromatic N) is 1. The minimum Gasteiger partial charge on any atom is -0.380 e. The quantitative estimate of drug-likeness (QED) is 0.545. The molecule has 9 heteroatoms. The highest BCUT2D eigenvalue weighted by atomic mass is 32.2. The lowest BCUT2D eigenvalue weighted by molar-refractivity contribution is -0.00591. The summed E-state index contributed by atoms with van der Waals surface area (Å²) < 4.78 is 82.3. The van der Waals surface area contributed by atoms with Gasteiger partial charge in [-0.1, -0.05) is 30.3 Å². The molecular weight excluding hydrogens is 458 g/mol. The van der Waals surface area contributed by atoms with E-state index in [0.29, 0.717) is 0 Å². The Morgan fingerprint density at radius 3 is 1.70 bits per heavy atom. The monoisotopic (exact) mass is 479 g/mol. The lowest BCUT2D eigenvalue weighted by Gasteiger charge is -2.42. The van der Waals surface area contributed by atoms with E-state index in [4.69, 9.17) is 0 Å². The van der Waals surface area contributed by atoms with Crippen LogP contribution in [0.4, 0.5) is 17.6 Å². The molecule has 4 rings (SSSR count). The van der Waals surface area contributed by atoms with Crippen molar-refractivity contribution in [1.82, 2.24) is 4.31 Å². The average molecular weight is 479 g/mol. The number of halogens is 4. The predicted molar refractivity (Wildman–Crippen MR) is 114 cm³/mol. The summed E-state index contributed by atoms with van der Waals surface area (Å²) in [4.78, 5) is 0.139. The first-order chi connectivity index (χ1) is 15.6. The van der Waals surface area contributed by atoms with E-state index in [2.05, 4.69) is 0 Å². The van der Waals surface area contributed by atoms with E-state index in [9.17, 15) is 31.1 Å². The summed E-state index contributed by atoms with van der Waals surface area (Å²) in [5.41, 5.74) is -2.06. The second kappa shape index (κ2) is 8.89. The fourth-order valence-corrected chi connectivity index (χ4v) is 5.85. The Kier molecular flexibility index (Phi) is 6.30. The molecule has 0 unspecified atom stereocenters. The van der Waals surface area contributed by atoms with Crippen molar-refractivity contribution < 1.29 is 31.1 Å². The first-order valence-corrected chi connectivity index (χ1v) is 11.8.